The minimum Gasteiger partial charge on any atom is -0.511 e. The van der Waals surface area contributed by atoms with Gasteiger partial charge in [-0.2, -0.15) is 0 Å². The molecule has 3 saturated carbocycles. The minimum absolute atomic E-state index is 0.0137. The lowest BCUT2D eigenvalue weighted by atomic mass is 9.53. The number of fused-ring (bicyclic) bond motifs is 5. The average Bonchev–Trinajstić information content (AvgIpc) is 3.53. The molecule has 0 amide bonds. The van der Waals surface area contributed by atoms with Crippen LogP contribution in [0, 0.1) is 34.5 Å². The Kier molecular flexibility index (Phi) is 9.73. The summed E-state index contributed by atoms with van der Waals surface area (Å²) in [7, 11) is 3.04. The molecule has 6 fully saturated rings. The first kappa shape index (κ1) is 34.4. The number of nitrogens with one attached hydrogen (secondary N) is 2. The van der Waals surface area contributed by atoms with Crippen LogP contribution in [0.1, 0.15) is 71.1 Å². The second kappa shape index (κ2) is 13.3. The first-order valence-electron chi connectivity index (χ1n) is 17.4. The number of carbonyl (C=O) groups is 2. The molecule has 2 spiro atoms. The van der Waals surface area contributed by atoms with Crippen LogP contribution >= 0.6 is 21.6 Å². The molecule has 262 valence electrons. The van der Waals surface area contributed by atoms with Gasteiger partial charge >= 0.3 is 0 Å². The topological polar surface area (TPSA) is 178 Å². The SMILES string of the molecule is CC1=C[C@H]2C(=O)C3CCCC4O[C@@H]5O[C@H](CO)[C@@H](O)[C@](O)(CC6(CCCC6)C6CCNC(C6)NCSSC[C@@]2(C(=O)C43)C(O)=C1)[C@H]5O. The number of allylic oxidation sites excluding steroid dienone is 4. The molecule has 7 N–H and O–H groups in total. The fraction of sp³-hybridized carbons (Fsp3) is 0.824. The van der Waals surface area contributed by atoms with Gasteiger partial charge in [0, 0.05) is 11.7 Å². The van der Waals surface area contributed by atoms with Crippen molar-refractivity contribution in [3.8, 4) is 0 Å². The van der Waals surface area contributed by atoms with Crippen LogP contribution in [0.4, 0.5) is 0 Å². The Morgan fingerprint density at radius 2 is 1.81 bits per heavy atom. The fourth-order valence-electron chi connectivity index (χ4n) is 10.3. The van der Waals surface area contributed by atoms with Gasteiger partial charge in [-0.3, -0.25) is 14.9 Å². The van der Waals surface area contributed by atoms with Gasteiger partial charge in [-0.25, -0.2) is 0 Å². The largest absolute Gasteiger partial charge is 0.511 e. The number of aliphatic hydroxyl groups is 5. The Balaban J connectivity index is 1.28. The van der Waals surface area contributed by atoms with Gasteiger partial charge in [0.05, 0.1) is 36.6 Å². The molecule has 0 radical (unpaired) electrons. The number of Topliss-reactive ketones (excluding diaryl/α,β-unsaturated/α-hetero) is 2. The maximum Gasteiger partial charge on any atom is 0.187 e. The maximum absolute atomic E-state index is 14.8. The third kappa shape index (κ3) is 5.68. The van der Waals surface area contributed by atoms with Crippen LogP contribution in [-0.4, -0.2) is 104 Å². The summed E-state index contributed by atoms with van der Waals surface area (Å²) >= 11 is 0. The molecule has 4 aliphatic carbocycles. The van der Waals surface area contributed by atoms with E-state index in [0.717, 1.165) is 50.6 Å². The zero-order valence-electron chi connectivity index (χ0n) is 27.0. The van der Waals surface area contributed by atoms with Crippen molar-refractivity contribution < 1.29 is 44.6 Å². The van der Waals surface area contributed by atoms with E-state index in [9.17, 15) is 35.1 Å². The van der Waals surface area contributed by atoms with Gasteiger partial charge in [-0.05, 0) is 75.8 Å². The predicted molar refractivity (Wildman–Crippen MR) is 177 cm³/mol. The summed E-state index contributed by atoms with van der Waals surface area (Å²) < 4.78 is 12.5. The highest BCUT2D eigenvalue weighted by molar-refractivity contribution is 8.76. The van der Waals surface area contributed by atoms with Gasteiger partial charge < -0.3 is 40.3 Å². The summed E-state index contributed by atoms with van der Waals surface area (Å²) in [5, 5.41) is 64.8. The third-order valence-electron chi connectivity index (χ3n) is 12.7. The summed E-state index contributed by atoms with van der Waals surface area (Å²) in [6.45, 7) is 2.01. The molecular weight excluding hydrogens is 645 g/mol. The van der Waals surface area contributed by atoms with Gasteiger partial charge in [0.25, 0.3) is 0 Å². The summed E-state index contributed by atoms with van der Waals surface area (Å²) in [6.07, 6.45) is 3.84. The molecular formula is C34H50N2O9S2. The van der Waals surface area contributed by atoms with Gasteiger partial charge in [0.2, 0.25) is 0 Å². The van der Waals surface area contributed by atoms with Crippen molar-refractivity contribution >= 4 is 33.2 Å². The number of ether oxygens (including phenoxy) is 2. The highest BCUT2D eigenvalue weighted by atomic mass is 33.1. The van der Waals surface area contributed by atoms with E-state index in [-0.39, 0.29) is 47.0 Å². The number of ketones is 2. The van der Waals surface area contributed by atoms with Crippen molar-refractivity contribution in [3.05, 3.63) is 23.5 Å². The Hall–Kier alpha value is -1.00. The lowest BCUT2D eigenvalue weighted by Crippen LogP contribution is -2.70. The Labute approximate surface area is 284 Å². The first-order chi connectivity index (χ1) is 22.5. The van der Waals surface area contributed by atoms with Gasteiger partial charge in [0.1, 0.15) is 40.9 Å². The predicted octanol–water partition coefficient (Wildman–Crippen LogP) is 2.33. The molecule has 6 bridgehead atoms. The van der Waals surface area contributed by atoms with Crippen molar-refractivity contribution in [1.82, 2.24) is 10.6 Å². The third-order valence-corrected chi connectivity index (χ3v) is 15.0. The van der Waals surface area contributed by atoms with Crippen LogP contribution < -0.4 is 10.6 Å². The average molecular weight is 695 g/mol. The monoisotopic (exact) mass is 694 g/mol. The van der Waals surface area contributed by atoms with Crippen LogP contribution in [-0.2, 0) is 19.1 Å². The highest BCUT2D eigenvalue weighted by Crippen LogP contribution is 2.57. The number of hydrogen-bond acceptors (Lipinski definition) is 13. The number of piperidine rings is 1. The van der Waals surface area contributed by atoms with Crippen LogP contribution in [0.2, 0.25) is 0 Å². The molecule has 3 saturated heterocycles. The quantitative estimate of drug-likeness (QED) is 0.199. The van der Waals surface area contributed by atoms with Crippen molar-refractivity contribution in [3.63, 3.8) is 0 Å². The minimum atomic E-state index is -2.04. The van der Waals surface area contributed by atoms with Crippen molar-refractivity contribution in [2.45, 2.75) is 114 Å². The van der Waals surface area contributed by atoms with Gasteiger partial charge in [-0.15, -0.1) is 0 Å². The van der Waals surface area contributed by atoms with E-state index in [2.05, 4.69) is 10.6 Å². The van der Waals surface area contributed by atoms with E-state index in [1.54, 1.807) is 16.9 Å². The molecule has 0 aromatic heterocycles. The van der Waals surface area contributed by atoms with E-state index in [0.29, 0.717) is 25.1 Å². The van der Waals surface area contributed by atoms with E-state index in [4.69, 9.17) is 9.47 Å². The standard InChI is InChI=1S/C34H50N2O9S2/c1-18-11-21-27(39)20-5-4-6-22-26(20)29(41)33(21,24(38)12-18)16-46-47-17-36-25-13-19(7-10-35-25)32(8-2-3-9-32)15-34(43)28(40)23(14-37)45-31(44-22)30(34)42/h11-12,19-23,25-26,28,30-31,35-38,40,42-43H,2-10,13-17H2,1H3/t19?,20?,21-,22?,23+,25?,26?,28+,30-,31+,33-,34+/m0/s1. The molecule has 13 heteroatoms. The highest BCUT2D eigenvalue weighted by Gasteiger charge is 2.65. The lowest BCUT2D eigenvalue weighted by molar-refractivity contribution is -0.350. The van der Waals surface area contributed by atoms with E-state index < -0.39 is 66.1 Å². The second-order valence-electron chi connectivity index (χ2n) is 15.2. The zero-order valence-corrected chi connectivity index (χ0v) is 28.6. The molecule has 3 heterocycles. The molecule has 7 aliphatic rings. The summed E-state index contributed by atoms with van der Waals surface area (Å²) in [5.74, 6) is -1.71. The van der Waals surface area contributed by atoms with Crippen molar-refractivity contribution in [2.75, 3.05) is 24.8 Å². The van der Waals surface area contributed by atoms with Crippen LogP contribution in [0.15, 0.2) is 23.5 Å². The van der Waals surface area contributed by atoms with Gasteiger partial charge in [-0.1, -0.05) is 52.5 Å². The summed E-state index contributed by atoms with van der Waals surface area (Å²) in [5.41, 5.74) is -3.07. The first-order valence-corrected chi connectivity index (χ1v) is 19.9. The molecule has 11 nitrogen and oxygen atoms in total. The molecule has 0 aromatic carbocycles. The zero-order chi connectivity index (χ0) is 33.1. The Bertz CT molecular complexity index is 1290. The van der Waals surface area contributed by atoms with Crippen LogP contribution in [0.3, 0.4) is 0 Å². The van der Waals surface area contributed by atoms with E-state index >= 15 is 0 Å². The number of hydrogen-bond donors (Lipinski definition) is 7. The number of carbonyl (C=O) groups excluding carboxylic acids is 2. The number of aliphatic hydroxyl groups excluding tert-OH is 4. The van der Waals surface area contributed by atoms with Crippen molar-refractivity contribution in [1.29, 1.82) is 0 Å². The molecule has 7 rings (SSSR count). The number of rotatable bonds is 1. The summed E-state index contributed by atoms with van der Waals surface area (Å²) in [4.78, 5) is 29.1. The second-order valence-corrected chi connectivity index (χ2v) is 17.7. The summed E-state index contributed by atoms with van der Waals surface area (Å²) in [6, 6.07) is 0. The molecule has 3 aliphatic heterocycles. The fourth-order valence-corrected chi connectivity index (χ4v) is 12.7. The van der Waals surface area contributed by atoms with E-state index in [1.807, 2.05) is 13.0 Å². The van der Waals surface area contributed by atoms with E-state index in [1.165, 1.54) is 10.8 Å². The van der Waals surface area contributed by atoms with Gasteiger partial charge in [0.15, 0.2) is 12.1 Å². The Morgan fingerprint density at radius 1 is 1.02 bits per heavy atom. The smallest absolute Gasteiger partial charge is 0.187 e. The molecule has 47 heavy (non-hydrogen) atoms. The molecule has 0 aromatic rings. The molecule has 12 atom stereocenters. The van der Waals surface area contributed by atoms with Crippen LogP contribution in [0.25, 0.3) is 0 Å². The van der Waals surface area contributed by atoms with Crippen molar-refractivity contribution in [2.24, 2.45) is 34.5 Å². The lowest BCUT2D eigenvalue weighted by Gasteiger charge is -2.55. The van der Waals surface area contributed by atoms with Crippen LogP contribution in [0.5, 0.6) is 0 Å². The Morgan fingerprint density at radius 3 is 2.57 bits per heavy atom. The maximum atomic E-state index is 14.8. The molecule has 5 unspecified atom stereocenters. The normalized spacial score (nSPS) is 47.3.